The zero-order chi connectivity index (χ0) is 12.5. The molecular formula is C14H26O3. The first-order valence-corrected chi connectivity index (χ1v) is 6.86. The smallest absolute Gasteiger partial charge is 0.163 e. The lowest BCUT2D eigenvalue weighted by atomic mass is 10.2. The predicted molar refractivity (Wildman–Crippen MR) is 66.8 cm³/mol. The zero-order valence-electron chi connectivity index (χ0n) is 11.6. The summed E-state index contributed by atoms with van der Waals surface area (Å²) < 4.78 is 16.1. The highest BCUT2D eigenvalue weighted by atomic mass is 16.7. The molecule has 3 fully saturated rings. The lowest BCUT2D eigenvalue weighted by molar-refractivity contribution is -0.302. The SMILES string of the molecule is C1CC2CC2C1.COC1COC(C)(C)OC1C. The Balaban J connectivity index is 0.000000148. The van der Waals surface area contributed by atoms with Crippen molar-refractivity contribution in [3.8, 4) is 0 Å². The normalized spacial score (nSPS) is 42.4. The topological polar surface area (TPSA) is 27.7 Å². The van der Waals surface area contributed by atoms with Crippen LogP contribution in [0.25, 0.3) is 0 Å². The largest absolute Gasteiger partial charge is 0.376 e. The van der Waals surface area contributed by atoms with Crippen molar-refractivity contribution >= 4 is 0 Å². The van der Waals surface area contributed by atoms with Crippen LogP contribution in [-0.2, 0) is 14.2 Å². The molecule has 0 aromatic rings. The summed E-state index contributed by atoms with van der Waals surface area (Å²) in [5, 5.41) is 0. The summed E-state index contributed by atoms with van der Waals surface area (Å²) in [5.74, 6) is 1.98. The minimum absolute atomic E-state index is 0.0722. The van der Waals surface area contributed by atoms with E-state index in [1.54, 1.807) is 26.4 Å². The molecule has 1 saturated heterocycles. The van der Waals surface area contributed by atoms with Crippen molar-refractivity contribution < 1.29 is 14.2 Å². The van der Waals surface area contributed by atoms with Crippen molar-refractivity contribution in [3.05, 3.63) is 0 Å². The number of hydrogen-bond donors (Lipinski definition) is 0. The Bertz CT molecular complexity index is 244. The van der Waals surface area contributed by atoms with Gasteiger partial charge in [0.1, 0.15) is 6.10 Å². The van der Waals surface area contributed by atoms with Gasteiger partial charge in [0.25, 0.3) is 0 Å². The molecule has 3 aliphatic rings. The molecule has 4 unspecified atom stereocenters. The van der Waals surface area contributed by atoms with Crippen LogP contribution >= 0.6 is 0 Å². The van der Waals surface area contributed by atoms with E-state index < -0.39 is 5.79 Å². The number of fused-ring (bicyclic) bond motifs is 1. The van der Waals surface area contributed by atoms with E-state index in [-0.39, 0.29) is 12.2 Å². The molecule has 0 bridgehead atoms. The van der Waals surface area contributed by atoms with Gasteiger partial charge in [-0.05, 0) is 39.0 Å². The summed E-state index contributed by atoms with van der Waals surface area (Å²) >= 11 is 0. The third-order valence-corrected chi connectivity index (χ3v) is 4.11. The Hall–Kier alpha value is -0.120. The Labute approximate surface area is 105 Å². The maximum Gasteiger partial charge on any atom is 0.163 e. The van der Waals surface area contributed by atoms with E-state index in [9.17, 15) is 0 Å². The van der Waals surface area contributed by atoms with Gasteiger partial charge < -0.3 is 14.2 Å². The first-order chi connectivity index (χ1) is 8.02. The summed E-state index contributed by atoms with van der Waals surface area (Å²) in [6.45, 7) is 6.44. The van der Waals surface area contributed by atoms with E-state index in [2.05, 4.69) is 0 Å². The first kappa shape index (κ1) is 13.3. The molecule has 4 atom stereocenters. The summed E-state index contributed by atoms with van der Waals surface area (Å²) in [6, 6.07) is 0. The Kier molecular flexibility index (Phi) is 4.11. The number of methoxy groups -OCH3 is 1. The van der Waals surface area contributed by atoms with E-state index in [0.29, 0.717) is 6.61 Å². The van der Waals surface area contributed by atoms with Crippen LogP contribution in [0.5, 0.6) is 0 Å². The van der Waals surface area contributed by atoms with Gasteiger partial charge in [0, 0.05) is 7.11 Å². The Morgan fingerprint density at radius 1 is 1.18 bits per heavy atom. The minimum Gasteiger partial charge on any atom is -0.376 e. The highest BCUT2D eigenvalue weighted by Crippen LogP contribution is 2.51. The van der Waals surface area contributed by atoms with Crippen LogP contribution in [0, 0.1) is 11.8 Å². The molecule has 3 rings (SSSR count). The van der Waals surface area contributed by atoms with Crippen LogP contribution < -0.4 is 0 Å². The molecule has 100 valence electrons. The Morgan fingerprint density at radius 3 is 2.18 bits per heavy atom. The van der Waals surface area contributed by atoms with Gasteiger partial charge >= 0.3 is 0 Å². The van der Waals surface area contributed by atoms with E-state index >= 15 is 0 Å². The minimum atomic E-state index is -0.450. The maximum absolute atomic E-state index is 5.53. The predicted octanol–water partition coefficient (Wildman–Crippen LogP) is 2.98. The third kappa shape index (κ3) is 3.67. The highest BCUT2D eigenvalue weighted by Gasteiger charge is 2.40. The fraction of sp³-hybridized carbons (Fsp3) is 1.00. The summed E-state index contributed by atoms with van der Waals surface area (Å²) in [6.07, 6.45) is 6.43. The fourth-order valence-electron chi connectivity index (χ4n) is 2.90. The summed E-state index contributed by atoms with van der Waals surface area (Å²) in [4.78, 5) is 0. The van der Waals surface area contributed by atoms with Crippen molar-refractivity contribution in [3.63, 3.8) is 0 Å². The van der Waals surface area contributed by atoms with Crippen LogP contribution in [0.15, 0.2) is 0 Å². The maximum atomic E-state index is 5.53. The number of rotatable bonds is 1. The number of ether oxygens (including phenoxy) is 3. The van der Waals surface area contributed by atoms with Gasteiger partial charge in [0.15, 0.2) is 5.79 Å². The standard InChI is InChI=1S/C8H16O3.C6H10/c1-6-7(9-4)5-10-8(2,3)11-6;1-2-5-4-6(5)3-1/h6-7H,5H2,1-4H3;5-6H,1-4H2. The molecule has 3 heteroatoms. The van der Waals surface area contributed by atoms with Crippen LogP contribution in [0.1, 0.15) is 46.5 Å². The molecule has 17 heavy (non-hydrogen) atoms. The van der Waals surface area contributed by atoms with Gasteiger partial charge in [-0.1, -0.05) is 19.3 Å². The first-order valence-electron chi connectivity index (χ1n) is 6.86. The van der Waals surface area contributed by atoms with Gasteiger partial charge in [-0.25, -0.2) is 0 Å². The zero-order valence-corrected chi connectivity index (χ0v) is 11.6. The molecule has 2 saturated carbocycles. The van der Waals surface area contributed by atoms with E-state index in [4.69, 9.17) is 14.2 Å². The molecule has 1 aliphatic heterocycles. The second kappa shape index (κ2) is 5.25. The second-order valence-corrected chi connectivity index (χ2v) is 5.99. The summed E-state index contributed by atoms with van der Waals surface area (Å²) in [5.41, 5.74) is 0. The van der Waals surface area contributed by atoms with Crippen LogP contribution in [0.4, 0.5) is 0 Å². The molecule has 0 aromatic carbocycles. The van der Waals surface area contributed by atoms with E-state index in [1.165, 1.54) is 18.3 Å². The average molecular weight is 242 g/mol. The van der Waals surface area contributed by atoms with Gasteiger partial charge in [-0.3, -0.25) is 0 Å². The van der Waals surface area contributed by atoms with Gasteiger partial charge in [0.05, 0.1) is 12.7 Å². The highest BCUT2D eigenvalue weighted by molar-refractivity contribution is 4.91. The van der Waals surface area contributed by atoms with Gasteiger partial charge in [-0.15, -0.1) is 0 Å². The van der Waals surface area contributed by atoms with Crippen molar-refractivity contribution in [1.82, 2.24) is 0 Å². The molecular weight excluding hydrogens is 216 g/mol. The van der Waals surface area contributed by atoms with Crippen molar-refractivity contribution in [2.24, 2.45) is 11.8 Å². The molecule has 3 nitrogen and oxygen atoms in total. The third-order valence-electron chi connectivity index (χ3n) is 4.11. The lowest BCUT2D eigenvalue weighted by Gasteiger charge is -2.38. The fourth-order valence-corrected chi connectivity index (χ4v) is 2.90. The quantitative estimate of drug-likeness (QED) is 0.707. The van der Waals surface area contributed by atoms with E-state index in [1.807, 2.05) is 20.8 Å². The van der Waals surface area contributed by atoms with Crippen LogP contribution in [0.3, 0.4) is 0 Å². The molecule has 1 heterocycles. The molecule has 0 aromatic heterocycles. The van der Waals surface area contributed by atoms with Gasteiger partial charge in [-0.2, -0.15) is 0 Å². The van der Waals surface area contributed by atoms with Gasteiger partial charge in [0.2, 0.25) is 0 Å². The molecule has 0 radical (unpaired) electrons. The van der Waals surface area contributed by atoms with Crippen molar-refractivity contribution in [1.29, 1.82) is 0 Å². The lowest BCUT2D eigenvalue weighted by Crippen LogP contribution is -2.47. The molecule has 0 N–H and O–H groups in total. The average Bonchev–Trinajstić information content (AvgIpc) is 2.86. The van der Waals surface area contributed by atoms with Crippen molar-refractivity contribution in [2.45, 2.75) is 64.4 Å². The number of hydrogen-bond acceptors (Lipinski definition) is 3. The van der Waals surface area contributed by atoms with Crippen molar-refractivity contribution in [2.75, 3.05) is 13.7 Å². The summed E-state index contributed by atoms with van der Waals surface area (Å²) in [7, 11) is 1.67. The second-order valence-electron chi connectivity index (χ2n) is 5.99. The van der Waals surface area contributed by atoms with Crippen LogP contribution in [-0.4, -0.2) is 31.7 Å². The molecule has 2 aliphatic carbocycles. The molecule has 0 amide bonds. The monoisotopic (exact) mass is 242 g/mol. The van der Waals surface area contributed by atoms with E-state index in [0.717, 1.165) is 0 Å². The Morgan fingerprint density at radius 2 is 1.82 bits per heavy atom. The molecule has 0 spiro atoms. The van der Waals surface area contributed by atoms with Crippen LogP contribution in [0.2, 0.25) is 0 Å².